The summed E-state index contributed by atoms with van der Waals surface area (Å²) in [6.07, 6.45) is 2.87. The van der Waals surface area contributed by atoms with E-state index in [1.54, 1.807) is 0 Å². The Balaban J connectivity index is 1.69. The molecule has 0 saturated heterocycles. The average molecular weight is 338 g/mol. The van der Waals surface area contributed by atoms with Gasteiger partial charge in [-0.2, -0.15) is 0 Å². The van der Waals surface area contributed by atoms with Crippen LogP contribution in [0.1, 0.15) is 30.0 Å². The van der Waals surface area contributed by atoms with Gasteiger partial charge in [-0.3, -0.25) is 9.59 Å². The summed E-state index contributed by atoms with van der Waals surface area (Å²) in [6, 6.07) is 18.4. The molecule has 0 saturated carbocycles. The molecule has 2 aromatic rings. The van der Waals surface area contributed by atoms with Crippen molar-refractivity contribution < 1.29 is 9.59 Å². The van der Waals surface area contributed by atoms with Crippen molar-refractivity contribution in [3.8, 4) is 0 Å². The topological polar surface area (TPSA) is 58.2 Å². The number of nitrogens with one attached hydrogen (secondary N) is 2. The van der Waals surface area contributed by atoms with Crippen LogP contribution in [-0.2, 0) is 28.9 Å². The van der Waals surface area contributed by atoms with Gasteiger partial charge in [-0.25, -0.2) is 0 Å². The minimum Gasteiger partial charge on any atom is -0.356 e. The highest BCUT2D eigenvalue weighted by molar-refractivity contribution is 5.76. The van der Waals surface area contributed by atoms with Crippen LogP contribution < -0.4 is 10.6 Å². The number of amides is 2. The van der Waals surface area contributed by atoms with Crippen molar-refractivity contribution in [2.24, 2.45) is 0 Å². The zero-order valence-corrected chi connectivity index (χ0v) is 14.8. The fourth-order valence-corrected chi connectivity index (χ4v) is 2.66. The van der Waals surface area contributed by atoms with E-state index in [1.165, 1.54) is 18.1 Å². The highest BCUT2D eigenvalue weighted by atomic mass is 16.2. The molecule has 0 aromatic heterocycles. The van der Waals surface area contributed by atoms with E-state index in [0.29, 0.717) is 19.5 Å². The van der Waals surface area contributed by atoms with E-state index in [4.69, 9.17) is 0 Å². The van der Waals surface area contributed by atoms with Crippen molar-refractivity contribution >= 4 is 11.8 Å². The molecule has 0 spiro atoms. The minimum atomic E-state index is -0.0108. The van der Waals surface area contributed by atoms with Gasteiger partial charge in [-0.05, 0) is 36.0 Å². The molecule has 0 unspecified atom stereocenters. The van der Waals surface area contributed by atoms with Crippen molar-refractivity contribution in [1.29, 1.82) is 0 Å². The SMILES string of the molecule is CC(=O)NCCc1cccc(CCC(=O)NCCc2ccccc2)c1. The summed E-state index contributed by atoms with van der Waals surface area (Å²) in [6.45, 7) is 2.82. The van der Waals surface area contributed by atoms with Crippen LogP contribution in [0.5, 0.6) is 0 Å². The third-order valence-corrected chi connectivity index (χ3v) is 4.00. The van der Waals surface area contributed by atoms with Gasteiger partial charge in [0.1, 0.15) is 0 Å². The molecule has 25 heavy (non-hydrogen) atoms. The molecule has 4 nitrogen and oxygen atoms in total. The first kappa shape index (κ1) is 18.7. The van der Waals surface area contributed by atoms with Crippen molar-refractivity contribution in [1.82, 2.24) is 10.6 Å². The Morgan fingerprint density at radius 1 is 0.760 bits per heavy atom. The molecule has 2 rings (SSSR count). The molecule has 2 N–H and O–H groups in total. The lowest BCUT2D eigenvalue weighted by molar-refractivity contribution is -0.121. The molecular weight excluding hydrogens is 312 g/mol. The van der Waals surface area contributed by atoms with Crippen molar-refractivity contribution in [3.05, 3.63) is 71.3 Å². The van der Waals surface area contributed by atoms with Gasteiger partial charge in [0.05, 0.1) is 0 Å². The van der Waals surface area contributed by atoms with Crippen LogP contribution in [0.15, 0.2) is 54.6 Å². The Labute approximate surface area is 149 Å². The summed E-state index contributed by atoms with van der Waals surface area (Å²) >= 11 is 0. The fourth-order valence-electron chi connectivity index (χ4n) is 2.66. The van der Waals surface area contributed by atoms with Crippen LogP contribution in [0.4, 0.5) is 0 Å². The Morgan fingerprint density at radius 2 is 1.36 bits per heavy atom. The summed E-state index contributed by atoms with van der Waals surface area (Å²) in [5, 5.41) is 5.77. The van der Waals surface area contributed by atoms with Crippen molar-refractivity contribution in [2.45, 2.75) is 32.6 Å². The Morgan fingerprint density at radius 3 is 2.08 bits per heavy atom. The van der Waals surface area contributed by atoms with Gasteiger partial charge in [0.25, 0.3) is 0 Å². The van der Waals surface area contributed by atoms with E-state index < -0.39 is 0 Å². The quantitative estimate of drug-likeness (QED) is 0.738. The molecule has 2 aromatic carbocycles. The van der Waals surface area contributed by atoms with Gasteiger partial charge in [0.15, 0.2) is 0 Å². The summed E-state index contributed by atoms with van der Waals surface area (Å²) < 4.78 is 0. The summed E-state index contributed by atoms with van der Waals surface area (Å²) in [4.78, 5) is 22.9. The van der Waals surface area contributed by atoms with Gasteiger partial charge in [-0.1, -0.05) is 54.6 Å². The first-order chi connectivity index (χ1) is 12.1. The number of benzene rings is 2. The molecule has 132 valence electrons. The van der Waals surface area contributed by atoms with Crippen LogP contribution in [-0.4, -0.2) is 24.9 Å². The second kappa shape index (κ2) is 10.3. The van der Waals surface area contributed by atoms with Crippen LogP contribution in [0.2, 0.25) is 0 Å². The molecule has 0 atom stereocenters. The summed E-state index contributed by atoms with van der Waals surface area (Å²) in [5.41, 5.74) is 3.56. The molecule has 2 amide bonds. The minimum absolute atomic E-state index is 0.0108. The summed E-state index contributed by atoms with van der Waals surface area (Å²) in [7, 11) is 0. The molecule has 0 aliphatic carbocycles. The van der Waals surface area contributed by atoms with Gasteiger partial charge in [-0.15, -0.1) is 0 Å². The predicted molar refractivity (Wildman–Crippen MR) is 100 cm³/mol. The number of hydrogen-bond acceptors (Lipinski definition) is 2. The molecule has 0 aliphatic heterocycles. The largest absolute Gasteiger partial charge is 0.356 e. The van der Waals surface area contributed by atoms with E-state index >= 15 is 0 Å². The maximum absolute atomic E-state index is 12.0. The number of rotatable bonds is 9. The molecule has 0 radical (unpaired) electrons. The molecular formula is C21H26N2O2. The van der Waals surface area contributed by atoms with Crippen molar-refractivity contribution in [3.63, 3.8) is 0 Å². The second-order valence-corrected chi connectivity index (χ2v) is 6.14. The fraction of sp³-hybridized carbons (Fsp3) is 0.333. The van der Waals surface area contributed by atoms with E-state index in [-0.39, 0.29) is 11.8 Å². The Kier molecular flexibility index (Phi) is 7.70. The van der Waals surface area contributed by atoms with Gasteiger partial charge >= 0.3 is 0 Å². The third-order valence-electron chi connectivity index (χ3n) is 4.00. The Bertz CT molecular complexity index is 683. The summed E-state index contributed by atoms with van der Waals surface area (Å²) in [5.74, 6) is 0.0721. The van der Waals surface area contributed by atoms with Gasteiger partial charge in [0.2, 0.25) is 11.8 Å². The molecule has 0 fully saturated rings. The van der Waals surface area contributed by atoms with E-state index in [9.17, 15) is 9.59 Å². The zero-order valence-electron chi connectivity index (χ0n) is 14.8. The molecule has 0 heterocycles. The second-order valence-electron chi connectivity index (χ2n) is 6.14. The first-order valence-corrected chi connectivity index (χ1v) is 8.76. The standard InChI is InChI=1S/C21H26N2O2/c1-17(24)22-14-13-20-9-5-8-19(16-20)10-11-21(25)23-15-12-18-6-3-2-4-7-18/h2-9,16H,10-15H2,1H3,(H,22,24)(H,23,25). The van der Waals surface area contributed by atoms with Crippen LogP contribution >= 0.6 is 0 Å². The lowest BCUT2D eigenvalue weighted by atomic mass is 10.0. The molecule has 0 aliphatic rings. The molecule has 0 bridgehead atoms. The number of carbonyl (C=O) groups is 2. The van der Waals surface area contributed by atoms with Gasteiger partial charge < -0.3 is 10.6 Å². The zero-order chi connectivity index (χ0) is 17.9. The van der Waals surface area contributed by atoms with Crippen molar-refractivity contribution in [2.75, 3.05) is 13.1 Å². The predicted octanol–water partition coefficient (Wildman–Crippen LogP) is 2.66. The lowest BCUT2D eigenvalue weighted by Crippen LogP contribution is -2.25. The van der Waals surface area contributed by atoms with E-state index in [1.807, 2.05) is 36.4 Å². The average Bonchev–Trinajstić information content (AvgIpc) is 2.61. The smallest absolute Gasteiger partial charge is 0.220 e. The Hall–Kier alpha value is -2.62. The number of carbonyl (C=O) groups excluding carboxylic acids is 2. The third kappa shape index (κ3) is 7.66. The van der Waals surface area contributed by atoms with E-state index in [0.717, 1.165) is 24.8 Å². The highest BCUT2D eigenvalue weighted by Gasteiger charge is 2.03. The normalized spacial score (nSPS) is 10.3. The first-order valence-electron chi connectivity index (χ1n) is 8.76. The van der Waals surface area contributed by atoms with Crippen LogP contribution in [0.3, 0.4) is 0 Å². The number of aryl methyl sites for hydroxylation is 1. The maximum atomic E-state index is 12.0. The lowest BCUT2D eigenvalue weighted by Gasteiger charge is -2.07. The van der Waals surface area contributed by atoms with Gasteiger partial charge in [0, 0.05) is 26.4 Å². The molecule has 4 heteroatoms. The van der Waals surface area contributed by atoms with E-state index in [2.05, 4.69) is 28.8 Å². The number of hydrogen-bond donors (Lipinski definition) is 2. The van der Waals surface area contributed by atoms with Crippen LogP contribution in [0, 0.1) is 0 Å². The highest BCUT2D eigenvalue weighted by Crippen LogP contribution is 2.08. The van der Waals surface area contributed by atoms with Crippen LogP contribution in [0.25, 0.3) is 0 Å². The monoisotopic (exact) mass is 338 g/mol. The maximum Gasteiger partial charge on any atom is 0.220 e.